The molecule has 0 radical (unpaired) electrons. The molecule has 0 atom stereocenters. The predicted molar refractivity (Wildman–Crippen MR) is 153 cm³/mol. The third-order valence-electron chi connectivity index (χ3n) is 6.47. The van der Waals surface area contributed by atoms with Gasteiger partial charge in [-0.1, -0.05) is 6.07 Å². The van der Waals surface area contributed by atoms with Crippen LogP contribution in [-0.2, 0) is 16.0 Å². The molecule has 4 N–H and O–H groups in total. The molecular formula is C29H34N6O6. The number of hydrogen-bond acceptors (Lipinski definition) is 10. The fraction of sp³-hybridized carbons (Fsp3) is 0.345. The minimum Gasteiger partial charge on any atom is -0.496 e. The Morgan fingerprint density at radius 3 is 2.44 bits per heavy atom. The fourth-order valence-electron chi connectivity index (χ4n) is 4.77. The third kappa shape index (κ3) is 5.45. The van der Waals surface area contributed by atoms with Crippen molar-refractivity contribution in [2.24, 2.45) is 0 Å². The lowest BCUT2D eigenvalue weighted by Crippen LogP contribution is -2.32. The number of fused-ring (bicyclic) bond motifs is 1. The molecule has 0 spiro atoms. The lowest BCUT2D eigenvalue weighted by molar-refractivity contribution is 0.0522. The van der Waals surface area contributed by atoms with Gasteiger partial charge in [-0.2, -0.15) is 0 Å². The van der Waals surface area contributed by atoms with E-state index < -0.39 is 17.7 Å². The highest BCUT2D eigenvalue weighted by atomic mass is 16.6. The molecule has 4 rings (SSSR count). The number of carbonyl (C=O) groups excluding carboxylic acids is 2. The standard InChI is InChI=1S/C29H34N6O6/c1-14-9-10-19(39-7)15(2)23(14)35-24(30)21(27(37)40-8)20-22(33-16(3)34-25(20)35)17-11-12-31-26(36)18(17)13-32-28(38)41-29(4,5)6/h9-12H,13,30H2,1-8H3,(H,31,36)(H,32,38). The van der Waals surface area contributed by atoms with Gasteiger partial charge in [-0.05, 0) is 59.2 Å². The van der Waals surface area contributed by atoms with Gasteiger partial charge in [-0.3, -0.25) is 4.57 Å². The number of aryl methyl sites for hydroxylation is 2. The van der Waals surface area contributed by atoms with Crippen molar-refractivity contribution in [1.82, 2.24) is 24.8 Å². The summed E-state index contributed by atoms with van der Waals surface area (Å²) in [4.78, 5) is 39.0. The van der Waals surface area contributed by atoms with Gasteiger partial charge in [0.1, 0.15) is 28.6 Å². The van der Waals surface area contributed by atoms with Crippen molar-refractivity contribution in [3.8, 4) is 28.6 Å². The number of anilines is 1. The summed E-state index contributed by atoms with van der Waals surface area (Å²) in [7, 11) is 2.84. The first-order valence-electron chi connectivity index (χ1n) is 12.8. The molecule has 1 amide bonds. The van der Waals surface area contributed by atoms with Crippen LogP contribution in [0.3, 0.4) is 0 Å². The van der Waals surface area contributed by atoms with Crippen LogP contribution in [0.2, 0.25) is 0 Å². The second kappa shape index (κ2) is 11.0. The van der Waals surface area contributed by atoms with E-state index in [0.717, 1.165) is 11.1 Å². The Morgan fingerprint density at radius 2 is 1.80 bits per heavy atom. The number of amides is 1. The van der Waals surface area contributed by atoms with Gasteiger partial charge in [-0.25, -0.2) is 24.5 Å². The van der Waals surface area contributed by atoms with E-state index >= 15 is 0 Å². The van der Waals surface area contributed by atoms with E-state index in [1.807, 2.05) is 26.0 Å². The Morgan fingerprint density at radius 1 is 1.10 bits per heavy atom. The molecular weight excluding hydrogens is 528 g/mol. The number of methoxy groups -OCH3 is 2. The predicted octanol–water partition coefficient (Wildman–Crippen LogP) is 4.52. The highest BCUT2D eigenvalue weighted by Gasteiger charge is 2.30. The number of carbonyl (C=O) groups is 2. The Labute approximate surface area is 237 Å². The average Bonchev–Trinajstić information content (AvgIpc) is 3.17. The molecule has 0 aliphatic heterocycles. The van der Waals surface area contributed by atoms with Crippen LogP contribution in [0.1, 0.15) is 53.6 Å². The SMILES string of the molecule is COC(=O)c1c(N)n(-c2c(C)ccc(OC)c2C)c2nc(C)nc(-c3ccnc(O)c3CNC(=O)OC(C)(C)C)c12. The van der Waals surface area contributed by atoms with Gasteiger partial charge < -0.3 is 30.4 Å². The van der Waals surface area contributed by atoms with Crippen molar-refractivity contribution in [3.63, 3.8) is 0 Å². The van der Waals surface area contributed by atoms with Crippen LogP contribution < -0.4 is 15.8 Å². The zero-order chi connectivity index (χ0) is 30.2. The number of pyridine rings is 1. The second-order valence-electron chi connectivity index (χ2n) is 10.5. The number of nitrogens with zero attached hydrogens (tertiary/aromatic N) is 4. The van der Waals surface area contributed by atoms with E-state index in [2.05, 4.69) is 15.3 Å². The maximum atomic E-state index is 13.2. The third-order valence-corrected chi connectivity index (χ3v) is 6.47. The average molecular weight is 563 g/mol. The molecule has 0 saturated carbocycles. The molecule has 41 heavy (non-hydrogen) atoms. The lowest BCUT2D eigenvalue weighted by Gasteiger charge is -2.20. The minimum absolute atomic E-state index is 0.0569. The quantitative estimate of drug-likeness (QED) is 0.285. The summed E-state index contributed by atoms with van der Waals surface area (Å²) in [6.45, 7) is 10.6. The van der Waals surface area contributed by atoms with Crippen molar-refractivity contribution in [1.29, 1.82) is 0 Å². The van der Waals surface area contributed by atoms with Gasteiger partial charge in [0.2, 0.25) is 5.88 Å². The number of aromatic nitrogens is 4. The van der Waals surface area contributed by atoms with Crippen molar-refractivity contribution in [2.75, 3.05) is 20.0 Å². The number of hydrogen-bond donors (Lipinski definition) is 3. The molecule has 0 aliphatic rings. The summed E-state index contributed by atoms with van der Waals surface area (Å²) in [6, 6.07) is 5.37. The van der Waals surface area contributed by atoms with Gasteiger partial charge in [0.15, 0.2) is 5.65 Å². The topological polar surface area (TPSA) is 164 Å². The van der Waals surface area contributed by atoms with Gasteiger partial charge in [-0.15, -0.1) is 0 Å². The van der Waals surface area contributed by atoms with Crippen LogP contribution in [0, 0.1) is 20.8 Å². The fourth-order valence-corrected chi connectivity index (χ4v) is 4.77. The van der Waals surface area contributed by atoms with Gasteiger partial charge in [0, 0.05) is 22.9 Å². The lowest BCUT2D eigenvalue weighted by atomic mass is 10.0. The van der Waals surface area contributed by atoms with Crippen molar-refractivity contribution in [3.05, 3.63) is 52.5 Å². The van der Waals surface area contributed by atoms with Gasteiger partial charge in [0.05, 0.1) is 37.5 Å². The summed E-state index contributed by atoms with van der Waals surface area (Å²) in [5.41, 5.74) is 9.70. The van der Waals surface area contributed by atoms with Crippen LogP contribution in [0.5, 0.6) is 11.6 Å². The number of alkyl carbamates (subject to hydrolysis) is 1. The molecule has 0 saturated heterocycles. The molecule has 12 heteroatoms. The number of nitrogen functional groups attached to an aromatic ring is 1. The smallest absolute Gasteiger partial charge is 0.407 e. The summed E-state index contributed by atoms with van der Waals surface area (Å²) in [6.07, 6.45) is 0.727. The molecule has 4 aromatic rings. The number of rotatable bonds is 6. The van der Waals surface area contributed by atoms with Crippen LogP contribution in [0.15, 0.2) is 24.4 Å². The number of nitrogens with two attached hydrogens (primary N) is 1. The molecule has 0 fully saturated rings. The zero-order valence-corrected chi connectivity index (χ0v) is 24.4. The molecule has 12 nitrogen and oxygen atoms in total. The molecule has 1 aromatic carbocycles. The van der Waals surface area contributed by atoms with Crippen molar-refractivity contribution >= 4 is 28.9 Å². The first-order chi connectivity index (χ1) is 19.3. The molecule has 0 bridgehead atoms. The number of nitrogens with one attached hydrogen (secondary N) is 1. The van der Waals surface area contributed by atoms with E-state index in [0.29, 0.717) is 39.6 Å². The summed E-state index contributed by atoms with van der Waals surface area (Å²) < 4.78 is 17.7. The first kappa shape index (κ1) is 29.1. The number of esters is 1. The normalized spacial score (nSPS) is 11.4. The summed E-state index contributed by atoms with van der Waals surface area (Å²) in [5, 5.41) is 13.7. The molecule has 3 aromatic heterocycles. The van der Waals surface area contributed by atoms with Crippen molar-refractivity contribution in [2.45, 2.75) is 53.7 Å². The van der Waals surface area contributed by atoms with E-state index in [4.69, 9.17) is 24.9 Å². The van der Waals surface area contributed by atoms with Crippen LogP contribution in [0.4, 0.5) is 10.6 Å². The first-order valence-corrected chi connectivity index (χ1v) is 12.8. The van der Waals surface area contributed by atoms with Crippen molar-refractivity contribution < 1.29 is 28.9 Å². The van der Waals surface area contributed by atoms with Crippen LogP contribution in [0.25, 0.3) is 28.0 Å². The van der Waals surface area contributed by atoms with E-state index in [1.54, 1.807) is 45.4 Å². The van der Waals surface area contributed by atoms with E-state index in [9.17, 15) is 14.7 Å². The zero-order valence-electron chi connectivity index (χ0n) is 24.4. The Kier molecular flexibility index (Phi) is 7.78. The number of benzene rings is 1. The van der Waals surface area contributed by atoms with E-state index in [1.165, 1.54) is 13.3 Å². The highest BCUT2D eigenvalue weighted by Crippen LogP contribution is 2.41. The summed E-state index contributed by atoms with van der Waals surface area (Å²) >= 11 is 0. The molecule has 3 heterocycles. The Hall–Kier alpha value is -4.87. The maximum Gasteiger partial charge on any atom is 0.407 e. The highest BCUT2D eigenvalue weighted by molar-refractivity contribution is 6.13. The van der Waals surface area contributed by atoms with E-state index in [-0.39, 0.29) is 29.4 Å². The Bertz CT molecular complexity index is 1670. The molecule has 0 unspecified atom stereocenters. The van der Waals surface area contributed by atoms with Crippen LogP contribution in [-0.4, -0.2) is 56.5 Å². The summed E-state index contributed by atoms with van der Waals surface area (Å²) in [5.74, 6) is 0.0914. The van der Waals surface area contributed by atoms with Crippen LogP contribution >= 0.6 is 0 Å². The van der Waals surface area contributed by atoms with Gasteiger partial charge >= 0.3 is 12.1 Å². The minimum atomic E-state index is -0.716. The second-order valence-corrected chi connectivity index (χ2v) is 10.5. The largest absolute Gasteiger partial charge is 0.496 e. The monoisotopic (exact) mass is 562 g/mol. The van der Waals surface area contributed by atoms with Gasteiger partial charge in [0.25, 0.3) is 0 Å². The number of aromatic hydroxyl groups is 1. The number of ether oxygens (including phenoxy) is 3. The Balaban J connectivity index is 2.04. The molecule has 216 valence electrons. The molecule has 0 aliphatic carbocycles. The maximum absolute atomic E-state index is 13.2.